The maximum Gasteiger partial charge on any atom is 0.248 e. The molecule has 114 valence electrons. The number of hydrogen-bond acceptors (Lipinski definition) is 3. The number of carbonyl (C=O) groups is 2. The molecule has 0 radical (unpaired) electrons. The van der Waals surface area contributed by atoms with Crippen LogP contribution < -0.4 is 5.32 Å². The average molecular weight is 282 g/mol. The number of carbonyl (C=O) groups excluding carboxylic acids is 2. The first-order valence-corrected chi connectivity index (χ1v) is 7.13. The fourth-order valence-corrected chi connectivity index (χ4v) is 2.40. The summed E-state index contributed by atoms with van der Waals surface area (Å²) >= 11 is 0. The third kappa shape index (κ3) is 3.82. The highest BCUT2D eigenvalue weighted by atomic mass is 16.5. The van der Waals surface area contributed by atoms with Gasteiger partial charge in [0.1, 0.15) is 11.6 Å². The largest absolute Gasteiger partial charge is 0.379 e. The summed E-state index contributed by atoms with van der Waals surface area (Å²) < 4.78 is 5.46. The molecule has 5 nitrogen and oxygen atoms in total. The molecule has 0 spiro atoms. The Bertz CT molecular complexity index is 377. The van der Waals surface area contributed by atoms with Crippen LogP contribution >= 0.6 is 0 Å². The van der Waals surface area contributed by atoms with Crippen molar-refractivity contribution in [2.24, 2.45) is 5.92 Å². The highest BCUT2D eigenvalue weighted by Gasteiger charge is 2.45. The lowest BCUT2D eigenvalue weighted by molar-refractivity contribution is -0.156. The molecule has 1 saturated heterocycles. The van der Waals surface area contributed by atoms with Gasteiger partial charge in [0.15, 0.2) is 0 Å². The second-order valence-corrected chi connectivity index (χ2v) is 5.99. The minimum atomic E-state index is -0.844. The molecule has 0 aromatic heterocycles. The van der Waals surface area contributed by atoms with E-state index in [0.717, 1.165) is 6.42 Å². The van der Waals surface area contributed by atoms with Gasteiger partial charge in [0.2, 0.25) is 11.8 Å². The molecule has 5 heteroatoms. The summed E-state index contributed by atoms with van der Waals surface area (Å²) in [5, 5.41) is 2.79. The van der Waals surface area contributed by atoms with Gasteiger partial charge in [-0.3, -0.25) is 9.59 Å². The molecular formula is C15H26N2O3. The standard InChI is InChI=1S/C15H26N2O3/c1-6-7-9-20-10-8-17-12(11(2)3)13(18)16-15(4,5)14(17)19/h6,11-12H,1,7-10H2,2-5H3,(H,16,18). The zero-order valence-corrected chi connectivity index (χ0v) is 12.9. The molecule has 1 atom stereocenters. The maximum atomic E-state index is 12.5. The molecule has 1 rings (SSSR count). The second-order valence-electron chi connectivity index (χ2n) is 5.99. The minimum absolute atomic E-state index is 0.0527. The Hall–Kier alpha value is -1.36. The third-order valence-corrected chi connectivity index (χ3v) is 3.41. The summed E-state index contributed by atoms with van der Waals surface area (Å²) in [6.45, 7) is 12.4. The van der Waals surface area contributed by atoms with Crippen LogP contribution in [0.25, 0.3) is 0 Å². The van der Waals surface area contributed by atoms with E-state index in [1.165, 1.54) is 0 Å². The van der Waals surface area contributed by atoms with Crippen LogP contribution in [0.2, 0.25) is 0 Å². The summed E-state index contributed by atoms with van der Waals surface area (Å²) in [4.78, 5) is 26.3. The van der Waals surface area contributed by atoms with Crippen molar-refractivity contribution in [3.8, 4) is 0 Å². The van der Waals surface area contributed by atoms with Crippen LogP contribution in [0, 0.1) is 5.92 Å². The van der Waals surface area contributed by atoms with E-state index in [0.29, 0.717) is 19.8 Å². The topological polar surface area (TPSA) is 58.6 Å². The number of piperazine rings is 1. The van der Waals surface area contributed by atoms with Gasteiger partial charge in [0.25, 0.3) is 0 Å². The molecule has 0 bridgehead atoms. The number of hydrogen-bond donors (Lipinski definition) is 1. The Balaban J connectivity index is 2.71. The number of nitrogens with zero attached hydrogens (tertiary/aromatic N) is 1. The Morgan fingerprint density at radius 3 is 2.60 bits per heavy atom. The van der Waals surface area contributed by atoms with Crippen molar-refractivity contribution in [1.82, 2.24) is 10.2 Å². The first-order chi connectivity index (χ1) is 9.31. The monoisotopic (exact) mass is 282 g/mol. The number of amides is 2. The summed E-state index contributed by atoms with van der Waals surface area (Å²) in [6, 6.07) is -0.418. The molecule has 1 heterocycles. The van der Waals surface area contributed by atoms with Crippen molar-refractivity contribution in [3.05, 3.63) is 12.7 Å². The maximum absolute atomic E-state index is 12.5. The van der Waals surface area contributed by atoms with E-state index in [2.05, 4.69) is 11.9 Å². The average Bonchev–Trinajstić information content (AvgIpc) is 2.33. The predicted octanol–water partition coefficient (Wildman–Crippen LogP) is 1.34. The van der Waals surface area contributed by atoms with Crippen LogP contribution in [0.1, 0.15) is 34.1 Å². The Morgan fingerprint density at radius 2 is 2.05 bits per heavy atom. The van der Waals surface area contributed by atoms with Gasteiger partial charge in [0, 0.05) is 6.54 Å². The smallest absolute Gasteiger partial charge is 0.248 e. The zero-order valence-electron chi connectivity index (χ0n) is 12.9. The molecule has 0 aromatic rings. The van der Waals surface area contributed by atoms with Crippen molar-refractivity contribution < 1.29 is 14.3 Å². The second kappa shape index (κ2) is 6.88. The van der Waals surface area contributed by atoms with Gasteiger partial charge in [-0.05, 0) is 26.2 Å². The molecule has 1 fully saturated rings. The molecule has 1 aliphatic heterocycles. The van der Waals surface area contributed by atoms with Crippen molar-refractivity contribution in [2.75, 3.05) is 19.8 Å². The van der Waals surface area contributed by atoms with Gasteiger partial charge in [-0.25, -0.2) is 0 Å². The Morgan fingerprint density at radius 1 is 1.40 bits per heavy atom. The van der Waals surface area contributed by atoms with E-state index in [1.54, 1.807) is 24.8 Å². The lowest BCUT2D eigenvalue weighted by Gasteiger charge is -2.44. The lowest BCUT2D eigenvalue weighted by atomic mass is 9.91. The van der Waals surface area contributed by atoms with Gasteiger partial charge in [-0.1, -0.05) is 19.9 Å². The quantitative estimate of drug-likeness (QED) is 0.566. The van der Waals surface area contributed by atoms with E-state index >= 15 is 0 Å². The van der Waals surface area contributed by atoms with E-state index < -0.39 is 11.6 Å². The van der Waals surface area contributed by atoms with Gasteiger partial charge in [0.05, 0.1) is 13.2 Å². The van der Waals surface area contributed by atoms with E-state index in [-0.39, 0.29) is 17.7 Å². The van der Waals surface area contributed by atoms with E-state index in [1.807, 2.05) is 13.8 Å². The van der Waals surface area contributed by atoms with Crippen molar-refractivity contribution >= 4 is 11.8 Å². The molecule has 1 aliphatic rings. The summed E-state index contributed by atoms with van der Waals surface area (Å²) in [6.07, 6.45) is 2.58. The van der Waals surface area contributed by atoms with Crippen LogP contribution in [0.15, 0.2) is 12.7 Å². The van der Waals surface area contributed by atoms with Crippen LogP contribution in [0.5, 0.6) is 0 Å². The van der Waals surface area contributed by atoms with Crippen LogP contribution in [0.4, 0.5) is 0 Å². The van der Waals surface area contributed by atoms with Crippen LogP contribution in [-0.2, 0) is 14.3 Å². The van der Waals surface area contributed by atoms with Crippen LogP contribution in [-0.4, -0.2) is 48.1 Å². The highest BCUT2D eigenvalue weighted by molar-refractivity contribution is 5.99. The van der Waals surface area contributed by atoms with Crippen molar-refractivity contribution in [3.63, 3.8) is 0 Å². The molecule has 2 amide bonds. The predicted molar refractivity (Wildman–Crippen MR) is 78.2 cm³/mol. The molecule has 0 aliphatic carbocycles. The fourth-order valence-electron chi connectivity index (χ4n) is 2.40. The molecule has 1 N–H and O–H groups in total. The number of rotatable bonds is 7. The van der Waals surface area contributed by atoms with Gasteiger partial charge in [-0.2, -0.15) is 0 Å². The molecule has 20 heavy (non-hydrogen) atoms. The SMILES string of the molecule is C=CCCOCCN1C(=O)C(C)(C)NC(=O)C1C(C)C. The molecule has 0 saturated carbocycles. The molecule has 1 unspecified atom stereocenters. The normalized spacial score (nSPS) is 22.1. The first-order valence-electron chi connectivity index (χ1n) is 7.13. The Kier molecular flexibility index (Phi) is 5.74. The Labute approximate surface area is 121 Å². The lowest BCUT2D eigenvalue weighted by Crippen LogP contribution is -2.69. The molecule has 0 aromatic carbocycles. The number of nitrogens with one attached hydrogen (secondary N) is 1. The summed E-state index contributed by atoms with van der Waals surface area (Å²) in [5.41, 5.74) is -0.844. The summed E-state index contributed by atoms with van der Waals surface area (Å²) in [7, 11) is 0. The van der Waals surface area contributed by atoms with Crippen LogP contribution in [0.3, 0.4) is 0 Å². The highest BCUT2D eigenvalue weighted by Crippen LogP contribution is 2.22. The number of ether oxygens (including phenoxy) is 1. The molecular weight excluding hydrogens is 256 g/mol. The minimum Gasteiger partial charge on any atom is -0.379 e. The first kappa shape index (κ1) is 16.7. The zero-order chi connectivity index (χ0) is 15.3. The van der Waals surface area contributed by atoms with Gasteiger partial charge >= 0.3 is 0 Å². The van der Waals surface area contributed by atoms with Gasteiger partial charge < -0.3 is 15.0 Å². The van der Waals surface area contributed by atoms with Crippen molar-refractivity contribution in [1.29, 1.82) is 0 Å². The van der Waals surface area contributed by atoms with E-state index in [9.17, 15) is 9.59 Å². The van der Waals surface area contributed by atoms with E-state index in [4.69, 9.17) is 4.74 Å². The summed E-state index contributed by atoms with van der Waals surface area (Å²) in [5.74, 6) is -0.0676. The fraction of sp³-hybridized carbons (Fsp3) is 0.733. The van der Waals surface area contributed by atoms with Crippen molar-refractivity contribution in [2.45, 2.75) is 45.7 Å². The van der Waals surface area contributed by atoms with Gasteiger partial charge in [-0.15, -0.1) is 6.58 Å². The third-order valence-electron chi connectivity index (χ3n) is 3.41.